The lowest BCUT2D eigenvalue weighted by molar-refractivity contribution is -0.122. The van der Waals surface area contributed by atoms with Gasteiger partial charge in [0.05, 0.1) is 16.3 Å². The van der Waals surface area contributed by atoms with Crippen molar-refractivity contribution in [2.24, 2.45) is 0 Å². The van der Waals surface area contributed by atoms with Gasteiger partial charge in [-0.15, -0.1) is 11.8 Å². The Hall–Kier alpha value is -1.84. The average molecular weight is 466 g/mol. The molecule has 0 unspecified atom stereocenters. The van der Waals surface area contributed by atoms with Crippen LogP contribution >= 0.6 is 11.8 Å². The SMILES string of the molecule is CCN(CC)S(=O)(=O)c1ccc2c(c1)N(CC(=O)NCCC1=CCCCC1)C(=O)CS2. The maximum atomic E-state index is 12.9. The van der Waals surface area contributed by atoms with Crippen molar-refractivity contribution in [2.75, 3.05) is 36.8 Å². The number of hydrogen-bond donors (Lipinski definition) is 1. The van der Waals surface area contributed by atoms with Crippen LogP contribution in [0.25, 0.3) is 0 Å². The zero-order valence-corrected chi connectivity index (χ0v) is 19.9. The third-order valence-electron chi connectivity index (χ3n) is 5.67. The second kappa shape index (κ2) is 10.7. The van der Waals surface area contributed by atoms with Gasteiger partial charge in [-0.2, -0.15) is 4.31 Å². The third-order valence-corrected chi connectivity index (χ3v) is 8.77. The summed E-state index contributed by atoms with van der Waals surface area (Å²) in [5.41, 5.74) is 1.87. The molecule has 0 spiro atoms. The lowest BCUT2D eigenvalue weighted by Gasteiger charge is -2.29. The molecule has 1 aromatic rings. The van der Waals surface area contributed by atoms with Crippen LogP contribution in [0.2, 0.25) is 0 Å². The molecule has 1 heterocycles. The summed E-state index contributed by atoms with van der Waals surface area (Å²) in [6, 6.07) is 4.82. The van der Waals surface area contributed by atoms with E-state index in [1.54, 1.807) is 26.0 Å². The first-order valence-corrected chi connectivity index (χ1v) is 13.3. The fraction of sp³-hybridized carbons (Fsp3) is 0.545. The monoisotopic (exact) mass is 465 g/mol. The quantitative estimate of drug-likeness (QED) is 0.566. The van der Waals surface area contributed by atoms with Gasteiger partial charge >= 0.3 is 0 Å². The highest BCUT2D eigenvalue weighted by molar-refractivity contribution is 8.00. The van der Waals surface area contributed by atoms with Crippen molar-refractivity contribution in [3.63, 3.8) is 0 Å². The number of fused-ring (bicyclic) bond motifs is 1. The molecule has 2 aliphatic rings. The number of sulfonamides is 1. The van der Waals surface area contributed by atoms with Crippen molar-refractivity contribution in [3.8, 4) is 0 Å². The first kappa shape index (κ1) is 23.8. The van der Waals surface area contributed by atoms with Gasteiger partial charge in [0.1, 0.15) is 6.54 Å². The van der Waals surface area contributed by atoms with Gasteiger partial charge in [0.15, 0.2) is 0 Å². The maximum absolute atomic E-state index is 12.9. The molecule has 2 amide bonds. The van der Waals surface area contributed by atoms with Crippen molar-refractivity contribution >= 4 is 39.3 Å². The van der Waals surface area contributed by atoms with Gasteiger partial charge in [-0.05, 0) is 50.3 Å². The molecule has 1 aliphatic heterocycles. The van der Waals surface area contributed by atoms with Gasteiger partial charge in [0, 0.05) is 24.5 Å². The summed E-state index contributed by atoms with van der Waals surface area (Å²) in [4.78, 5) is 27.5. The zero-order chi connectivity index (χ0) is 22.4. The van der Waals surface area contributed by atoms with Crippen LogP contribution in [0.3, 0.4) is 0 Å². The molecule has 1 aliphatic carbocycles. The Morgan fingerprint density at radius 2 is 2.00 bits per heavy atom. The van der Waals surface area contributed by atoms with Crippen molar-refractivity contribution < 1.29 is 18.0 Å². The molecule has 0 radical (unpaired) electrons. The van der Waals surface area contributed by atoms with Crippen LogP contribution in [0.1, 0.15) is 46.0 Å². The van der Waals surface area contributed by atoms with Crippen LogP contribution < -0.4 is 10.2 Å². The second-order valence-electron chi connectivity index (χ2n) is 7.70. The van der Waals surface area contributed by atoms with Crippen molar-refractivity contribution in [2.45, 2.75) is 55.7 Å². The number of thioether (sulfide) groups is 1. The fourth-order valence-corrected chi connectivity index (χ4v) is 6.32. The minimum atomic E-state index is -3.65. The summed E-state index contributed by atoms with van der Waals surface area (Å²) in [6.45, 7) is 4.75. The van der Waals surface area contributed by atoms with Crippen molar-refractivity contribution in [1.29, 1.82) is 0 Å². The van der Waals surface area contributed by atoms with Crippen LogP contribution in [0.5, 0.6) is 0 Å². The average Bonchev–Trinajstić information content (AvgIpc) is 2.77. The molecular formula is C22H31N3O4S2. The van der Waals surface area contributed by atoms with E-state index in [-0.39, 0.29) is 29.0 Å². The standard InChI is InChI=1S/C22H31N3O4S2/c1-3-24(4-2)31(28,29)18-10-11-20-19(14-18)25(22(27)16-30-20)15-21(26)23-13-12-17-8-6-5-7-9-17/h8,10-11,14H,3-7,9,12-13,15-16H2,1-2H3,(H,23,26). The number of amides is 2. The zero-order valence-electron chi connectivity index (χ0n) is 18.2. The Balaban J connectivity index is 1.73. The van der Waals surface area contributed by atoms with Crippen LogP contribution in [0.4, 0.5) is 5.69 Å². The number of benzene rings is 1. The number of nitrogens with zero attached hydrogens (tertiary/aromatic N) is 2. The number of allylic oxidation sites excluding steroid dienone is 1. The molecule has 7 nitrogen and oxygen atoms in total. The van der Waals surface area contributed by atoms with E-state index in [0.717, 1.165) is 24.2 Å². The summed E-state index contributed by atoms with van der Waals surface area (Å²) in [5.74, 6) is -0.199. The Labute approximate surface area is 189 Å². The Bertz CT molecular complexity index is 956. The van der Waals surface area contributed by atoms with Gasteiger partial charge < -0.3 is 10.2 Å². The summed E-state index contributed by atoms with van der Waals surface area (Å²) in [6.07, 6.45) is 7.73. The second-order valence-corrected chi connectivity index (χ2v) is 10.7. The highest BCUT2D eigenvalue weighted by atomic mass is 32.2. The molecule has 1 aromatic carbocycles. The van der Waals surface area contributed by atoms with E-state index < -0.39 is 10.0 Å². The molecule has 0 atom stereocenters. The molecule has 1 N–H and O–H groups in total. The molecule has 0 saturated heterocycles. The molecule has 0 aromatic heterocycles. The molecule has 0 saturated carbocycles. The molecule has 0 fully saturated rings. The highest BCUT2D eigenvalue weighted by Gasteiger charge is 2.30. The van der Waals surface area contributed by atoms with E-state index in [1.165, 1.54) is 45.4 Å². The van der Waals surface area contributed by atoms with Gasteiger partial charge in [0.2, 0.25) is 21.8 Å². The lowest BCUT2D eigenvalue weighted by atomic mass is 9.97. The number of nitrogens with one attached hydrogen (secondary N) is 1. The molecule has 3 rings (SSSR count). The maximum Gasteiger partial charge on any atom is 0.243 e. The molecule has 0 bridgehead atoms. The summed E-state index contributed by atoms with van der Waals surface area (Å²) in [5, 5.41) is 2.90. The number of rotatable bonds is 9. The number of carbonyl (C=O) groups excluding carboxylic acids is 2. The Morgan fingerprint density at radius 1 is 1.23 bits per heavy atom. The molecule has 31 heavy (non-hydrogen) atoms. The van der Waals surface area contributed by atoms with E-state index in [1.807, 2.05) is 0 Å². The first-order valence-electron chi connectivity index (χ1n) is 10.9. The van der Waals surface area contributed by atoms with Gasteiger partial charge in [0.25, 0.3) is 0 Å². The van der Waals surface area contributed by atoms with E-state index >= 15 is 0 Å². The van der Waals surface area contributed by atoms with Gasteiger partial charge in [-0.1, -0.05) is 25.5 Å². The van der Waals surface area contributed by atoms with E-state index in [4.69, 9.17) is 0 Å². The van der Waals surface area contributed by atoms with Crippen LogP contribution in [-0.4, -0.2) is 56.5 Å². The van der Waals surface area contributed by atoms with Crippen molar-refractivity contribution in [1.82, 2.24) is 9.62 Å². The largest absolute Gasteiger partial charge is 0.354 e. The molecule has 9 heteroatoms. The minimum absolute atomic E-state index is 0.111. The summed E-state index contributed by atoms with van der Waals surface area (Å²) >= 11 is 1.36. The Morgan fingerprint density at radius 3 is 2.68 bits per heavy atom. The van der Waals surface area contributed by atoms with Crippen LogP contribution in [-0.2, 0) is 19.6 Å². The third kappa shape index (κ3) is 5.70. The normalized spacial score (nSPS) is 16.8. The van der Waals surface area contributed by atoms with Gasteiger partial charge in [-0.3, -0.25) is 9.59 Å². The number of carbonyl (C=O) groups is 2. The number of hydrogen-bond acceptors (Lipinski definition) is 5. The smallest absolute Gasteiger partial charge is 0.243 e. The topological polar surface area (TPSA) is 86.8 Å². The van der Waals surface area contributed by atoms with E-state index in [2.05, 4.69) is 11.4 Å². The predicted octanol–water partition coefficient (Wildman–Crippen LogP) is 3.16. The van der Waals surface area contributed by atoms with Crippen molar-refractivity contribution in [3.05, 3.63) is 29.8 Å². The molecule has 170 valence electrons. The van der Waals surface area contributed by atoms with Gasteiger partial charge in [-0.25, -0.2) is 8.42 Å². The minimum Gasteiger partial charge on any atom is -0.354 e. The molecular weight excluding hydrogens is 434 g/mol. The van der Waals surface area contributed by atoms with E-state index in [0.29, 0.717) is 25.3 Å². The van der Waals surface area contributed by atoms with Crippen LogP contribution in [0.15, 0.2) is 39.6 Å². The highest BCUT2D eigenvalue weighted by Crippen LogP contribution is 2.37. The summed E-state index contributed by atoms with van der Waals surface area (Å²) in [7, 11) is -3.65. The first-order chi connectivity index (χ1) is 14.9. The fourth-order valence-electron chi connectivity index (χ4n) is 3.92. The van der Waals surface area contributed by atoms with Crippen LogP contribution in [0, 0.1) is 0 Å². The Kier molecular flexibility index (Phi) is 8.18. The summed E-state index contributed by atoms with van der Waals surface area (Å²) < 4.78 is 27.2. The predicted molar refractivity (Wildman–Crippen MR) is 124 cm³/mol. The lowest BCUT2D eigenvalue weighted by Crippen LogP contribution is -2.43. The number of anilines is 1. The van der Waals surface area contributed by atoms with E-state index in [9.17, 15) is 18.0 Å².